The molecule has 2 amide bonds. The van der Waals surface area contributed by atoms with Crippen LogP contribution >= 0.6 is 0 Å². The SMILES string of the molecule is O=C(CN1CCN(C(=O)[C@@H]2COc3ccccc3O2)CC1)NC1CCN(Cc2ccccc2)CC1. The Bertz CT molecular complexity index is 1000. The molecule has 186 valence electrons. The minimum absolute atomic E-state index is 0.0501. The van der Waals surface area contributed by atoms with Crippen molar-refractivity contribution in [3.8, 4) is 11.5 Å². The molecule has 3 aliphatic rings. The monoisotopic (exact) mass is 478 g/mol. The van der Waals surface area contributed by atoms with Crippen molar-refractivity contribution in [2.75, 3.05) is 52.4 Å². The molecular formula is C27H34N4O4. The molecule has 1 atom stereocenters. The number of rotatable bonds is 6. The highest BCUT2D eigenvalue weighted by molar-refractivity contribution is 5.82. The molecule has 5 rings (SSSR count). The molecular weight excluding hydrogens is 444 g/mol. The lowest BCUT2D eigenvalue weighted by Gasteiger charge is -2.37. The van der Waals surface area contributed by atoms with Crippen LogP contribution in [-0.2, 0) is 16.1 Å². The zero-order valence-corrected chi connectivity index (χ0v) is 20.1. The number of benzene rings is 2. The van der Waals surface area contributed by atoms with Gasteiger partial charge in [-0.1, -0.05) is 42.5 Å². The Morgan fingerprint density at radius 2 is 1.51 bits per heavy atom. The molecule has 1 N–H and O–H groups in total. The number of hydrogen-bond donors (Lipinski definition) is 1. The molecule has 0 radical (unpaired) electrons. The fourth-order valence-electron chi connectivity index (χ4n) is 5.02. The van der Waals surface area contributed by atoms with Gasteiger partial charge in [0, 0.05) is 51.9 Å². The van der Waals surface area contributed by atoms with Gasteiger partial charge in [0.2, 0.25) is 12.0 Å². The predicted molar refractivity (Wildman–Crippen MR) is 132 cm³/mol. The zero-order valence-electron chi connectivity index (χ0n) is 20.1. The van der Waals surface area contributed by atoms with E-state index in [4.69, 9.17) is 9.47 Å². The van der Waals surface area contributed by atoms with Crippen molar-refractivity contribution in [2.45, 2.75) is 31.5 Å². The minimum Gasteiger partial charge on any atom is -0.485 e. The van der Waals surface area contributed by atoms with Gasteiger partial charge in [-0.25, -0.2) is 0 Å². The third-order valence-corrected chi connectivity index (χ3v) is 7.04. The van der Waals surface area contributed by atoms with E-state index < -0.39 is 6.10 Å². The van der Waals surface area contributed by atoms with Gasteiger partial charge < -0.3 is 19.7 Å². The normalized spacial score (nSPS) is 21.5. The van der Waals surface area contributed by atoms with Gasteiger partial charge in [0.1, 0.15) is 6.61 Å². The number of nitrogens with one attached hydrogen (secondary N) is 1. The highest BCUT2D eigenvalue weighted by atomic mass is 16.6. The number of carbonyl (C=O) groups excluding carboxylic acids is 2. The van der Waals surface area contributed by atoms with E-state index >= 15 is 0 Å². The number of para-hydroxylation sites is 2. The van der Waals surface area contributed by atoms with Crippen molar-refractivity contribution in [3.05, 3.63) is 60.2 Å². The van der Waals surface area contributed by atoms with Crippen LogP contribution in [-0.4, -0.2) is 91.1 Å². The quantitative estimate of drug-likeness (QED) is 0.682. The van der Waals surface area contributed by atoms with Gasteiger partial charge in [0.05, 0.1) is 6.54 Å². The van der Waals surface area contributed by atoms with Gasteiger partial charge in [-0.05, 0) is 30.5 Å². The van der Waals surface area contributed by atoms with E-state index in [0.717, 1.165) is 32.5 Å². The van der Waals surface area contributed by atoms with E-state index in [1.807, 2.05) is 35.2 Å². The zero-order chi connectivity index (χ0) is 24.0. The summed E-state index contributed by atoms with van der Waals surface area (Å²) >= 11 is 0. The molecule has 8 heteroatoms. The molecule has 8 nitrogen and oxygen atoms in total. The molecule has 2 aromatic rings. The maximum absolute atomic E-state index is 12.9. The van der Waals surface area contributed by atoms with Crippen molar-refractivity contribution in [1.82, 2.24) is 20.0 Å². The molecule has 0 saturated carbocycles. The summed E-state index contributed by atoms with van der Waals surface area (Å²) in [5.74, 6) is 1.31. The van der Waals surface area contributed by atoms with Crippen LogP contribution in [0.2, 0.25) is 0 Å². The van der Waals surface area contributed by atoms with E-state index in [9.17, 15) is 9.59 Å². The summed E-state index contributed by atoms with van der Waals surface area (Å²) in [5.41, 5.74) is 1.33. The average molecular weight is 479 g/mol. The molecule has 35 heavy (non-hydrogen) atoms. The number of likely N-dealkylation sites (tertiary alicyclic amines) is 1. The lowest BCUT2D eigenvalue weighted by molar-refractivity contribution is -0.143. The first-order valence-electron chi connectivity index (χ1n) is 12.6. The molecule has 0 aromatic heterocycles. The Morgan fingerprint density at radius 3 is 2.26 bits per heavy atom. The summed E-state index contributed by atoms with van der Waals surface area (Å²) in [6, 6.07) is 18.2. The number of nitrogens with zero attached hydrogens (tertiary/aromatic N) is 3. The highest BCUT2D eigenvalue weighted by Gasteiger charge is 2.33. The van der Waals surface area contributed by atoms with Gasteiger partial charge >= 0.3 is 0 Å². The van der Waals surface area contributed by atoms with E-state index in [1.54, 1.807) is 0 Å². The number of fused-ring (bicyclic) bond motifs is 1. The second-order valence-corrected chi connectivity index (χ2v) is 9.57. The van der Waals surface area contributed by atoms with Gasteiger partial charge in [-0.15, -0.1) is 0 Å². The second kappa shape index (κ2) is 11.1. The Morgan fingerprint density at radius 1 is 0.829 bits per heavy atom. The van der Waals surface area contributed by atoms with E-state index in [1.165, 1.54) is 5.56 Å². The molecule has 3 aliphatic heterocycles. The Kier molecular flexibility index (Phi) is 7.49. The number of ether oxygens (including phenoxy) is 2. The number of piperidine rings is 1. The Balaban J connectivity index is 1.00. The lowest BCUT2D eigenvalue weighted by Crippen LogP contribution is -2.55. The van der Waals surface area contributed by atoms with E-state index in [0.29, 0.717) is 44.2 Å². The van der Waals surface area contributed by atoms with Crippen molar-refractivity contribution < 1.29 is 19.1 Å². The standard InChI is InChI=1S/C27H34N4O4/c32-26(28-22-10-12-29(13-11-22)18-21-6-2-1-3-7-21)19-30-14-16-31(17-15-30)27(33)25-20-34-23-8-4-5-9-24(23)35-25/h1-9,22,25H,10-20H2,(H,28,32)/t25-/m0/s1. The summed E-state index contributed by atoms with van der Waals surface area (Å²) in [4.78, 5) is 32.0. The molecule has 2 fully saturated rings. The summed E-state index contributed by atoms with van der Waals surface area (Å²) in [5, 5.41) is 3.22. The van der Waals surface area contributed by atoms with Crippen LogP contribution < -0.4 is 14.8 Å². The first-order valence-corrected chi connectivity index (χ1v) is 12.6. The molecule has 3 heterocycles. The number of hydrogen-bond acceptors (Lipinski definition) is 6. The minimum atomic E-state index is -0.618. The molecule has 0 bridgehead atoms. The summed E-state index contributed by atoms with van der Waals surface area (Å²) in [6.07, 6.45) is 1.34. The van der Waals surface area contributed by atoms with Crippen molar-refractivity contribution in [3.63, 3.8) is 0 Å². The Labute approximate surface area is 206 Å². The van der Waals surface area contributed by atoms with E-state index in [2.05, 4.69) is 39.4 Å². The summed E-state index contributed by atoms with van der Waals surface area (Å²) < 4.78 is 11.6. The molecule has 0 aliphatic carbocycles. The maximum atomic E-state index is 12.9. The lowest BCUT2D eigenvalue weighted by atomic mass is 10.0. The number of amides is 2. The largest absolute Gasteiger partial charge is 0.485 e. The molecule has 2 aromatic carbocycles. The van der Waals surface area contributed by atoms with Crippen LogP contribution in [0.3, 0.4) is 0 Å². The third-order valence-electron chi connectivity index (χ3n) is 7.04. The van der Waals surface area contributed by atoms with Gasteiger partial charge in [-0.2, -0.15) is 0 Å². The smallest absolute Gasteiger partial charge is 0.267 e. The van der Waals surface area contributed by atoms with Crippen LogP contribution in [0.25, 0.3) is 0 Å². The van der Waals surface area contributed by atoms with Crippen LogP contribution in [0.5, 0.6) is 11.5 Å². The third kappa shape index (κ3) is 6.13. The van der Waals surface area contributed by atoms with Crippen molar-refractivity contribution in [1.29, 1.82) is 0 Å². The second-order valence-electron chi connectivity index (χ2n) is 9.57. The van der Waals surface area contributed by atoms with Gasteiger partial charge in [0.25, 0.3) is 5.91 Å². The van der Waals surface area contributed by atoms with Crippen molar-refractivity contribution in [2.24, 2.45) is 0 Å². The maximum Gasteiger partial charge on any atom is 0.267 e. The first kappa shape index (κ1) is 23.6. The fraction of sp³-hybridized carbons (Fsp3) is 0.481. The molecule has 2 saturated heterocycles. The van der Waals surface area contributed by atoms with Crippen LogP contribution in [0.4, 0.5) is 0 Å². The number of carbonyl (C=O) groups is 2. The van der Waals surface area contributed by atoms with Crippen molar-refractivity contribution >= 4 is 11.8 Å². The predicted octanol–water partition coefficient (Wildman–Crippen LogP) is 1.75. The topological polar surface area (TPSA) is 74.4 Å². The molecule has 0 unspecified atom stereocenters. The van der Waals surface area contributed by atoms with Crippen LogP contribution in [0.1, 0.15) is 18.4 Å². The van der Waals surface area contributed by atoms with Crippen LogP contribution in [0, 0.1) is 0 Å². The number of piperazine rings is 1. The van der Waals surface area contributed by atoms with E-state index in [-0.39, 0.29) is 24.5 Å². The fourth-order valence-corrected chi connectivity index (χ4v) is 5.02. The van der Waals surface area contributed by atoms with Gasteiger partial charge in [0.15, 0.2) is 11.5 Å². The first-order chi connectivity index (χ1) is 17.1. The molecule has 0 spiro atoms. The van der Waals surface area contributed by atoms with Crippen LogP contribution in [0.15, 0.2) is 54.6 Å². The highest BCUT2D eigenvalue weighted by Crippen LogP contribution is 2.31. The Hall–Kier alpha value is -3.10. The summed E-state index contributed by atoms with van der Waals surface area (Å²) in [7, 11) is 0. The summed E-state index contributed by atoms with van der Waals surface area (Å²) in [6.45, 7) is 6.10. The average Bonchev–Trinajstić information content (AvgIpc) is 2.90. The van der Waals surface area contributed by atoms with Gasteiger partial charge in [-0.3, -0.25) is 19.4 Å².